The lowest BCUT2D eigenvalue weighted by Crippen LogP contribution is -2.37. The molecule has 220 valence electrons. The third kappa shape index (κ3) is 5.96. The molecule has 0 aliphatic rings. The number of likely N-dealkylation sites (N-methyl/N-ethyl adjacent to an activating group) is 1. The summed E-state index contributed by atoms with van der Waals surface area (Å²) in [6, 6.07) is 16.5. The Bertz CT molecular complexity index is 1910. The van der Waals surface area contributed by atoms with Crippen LogP contribution in [0.15, 0.2) is 84.0 Å². The number of hydrogen-bond acceptors (Lipinski definition) is 5. The third-order valence-electron chi connectivity index (χ3n) is 7.43. The van der Waals surface area contributed by atoms with Crippen molar-refractivity contribution < 1.29 is 14.0 Å². The molecular formula is C33H33FN6O3. The third-order valence-corrected chi connectivity index (χ3v) is 7.43. The van der Waals surface area contributed by atoms with Gasteiger partial charge in [0.25, 0.3) is 11.5 Å². The zero-order chi connectivity index (χ0) is 30.8. The van der Waals surface area contributed by atoms with E-state index < -0.39 is 11.6 Å². The highest BCUT2D eigenvalue weighted by Gasteiger charge is 2.18. The van der Waals surface area contributed by atoms with Crippen LogP contribution in [0.5, 0.6) is 0 Å². The molecule has 1 atom stereocenters. The average molecular weight is 581 g/mol. The molecule has 0 bridgehead atoms. The Labute approximate surface area is 248 Å². The quantitative estimate of drug-likeness (QED) is 0.280. The van der Waals surface area contributed by atoms with E-state index in [2.05, 4.69) is 15.6 Å². The molecule has 0 aliphatic carbocycles. The van der Waals surface area contributed by atoms with Crippen molar-refractivity contribution in [3.8, 4) is 16.9 Å². The fourth-order valence-electron chi connectivity index (χ4n) is 4.98. The maximum Gasteiger partial charge on any atom is 0.275 e. The zero-order valence-corrected chi connectivity index (χ0v) is 24.7. The maximum atomic E-state index is 13.9. The summed E-state index contributed by atoms with van der Waals surface area (Å²) in [7, 11) is 5.03. The molecule has 43 heavy (non-hydrogen) atoms. The van der Waals surface area contributed by atoms with E-state index in [0.29, 0.717) is 16.8 Å². The standard InChI is InChI=1S/C33H33FN6O3/c1-20-18-39(30-11-9-25(34)15-27(20)30)26-13-22(16-36-17-26)19-40-29(23-7-6-8-24(14-23)32(42)38(4)5)12-10-28(33(40)43)37-31(41)21(2)35-3/h6-18,21,35H,19H2,1-5H3,(H,37,41)/t21-/m0/s1. The predicted molar refractivity (Wildman–Crippen MR) is 166 cm³/mol. The van der Waals surface area contributed by atoms with E-state index in [1.807, 2.05) is 29.8 Å². The lowest BCUT2D eigenvalue weighted by molar-refractivity contribution is -0.117. The van der Waals surface area contributed by atoms with Gasteiger partial charge in [0, 0.05) is 37.4 Å². The van der Waals surface area contributed by atoms with E-state index in [-0.39, 0.29) is 29.9 Å². The van der Waals surface area contributed by atoms with Crippen LogP contribution in [0.4, 0.5) is 10.1 Å². The number of fused-ring (bicyclic) bond motifs is 1. The van der Waals surface area contributed by atoms with Crippen molar-refractivity contribution >= 4 is 28.4 Å². The number of amides is 2. The monoisotopic (exact) mass is 580 g/mol. The second-order valence-electron chi connectivity index (χ2n) is 10.7. The smallest absolute Gasteiger partial charge is 0.275 e. The van der Waals surface area contributed by atoms with E-state index in [0.717, 1.165) is 27.7 Å². The summed E-state index contributed by atoms with van der Waals surface area (Å²) in [5, 5.41) is 6.40. The minimum absolute atomic E-state index is 0.134. The Morgan fingerprint density at radius 1 is 1.05 bits per heavy atom. The second kappa shape index (κ2) is 12.0. The highest BCUT2D eigenvalue weighted by molar-refractivity contribution is 5.96. The largest absolute Gasteiger partial charge is 0.345 e. The van der Waals surface area contributed by atoms with Gasteiger partial charge in [0.15, 0.2) is 0 Å². The highest BCUT2D eigenvalue weighted by atomic mass is 19.1. The molecule has 5 rings (SSSR count). The number of anilines is 1. The van der Waals surface area contributed by atoms with Crippen LogP contribution >= 0.6 is 0 Å². The van der Waals surface area contributed by atoms with Gasteiger partial charge in [-0.25, -0.2) is 4.39 Å². The van der Waals surface area contributed by atoms with Crippen LogP contribution < -0.4 is 16.2 Å². The van der Waals surface area contributed by atoms with E-state index >= 15 is 0 Å². The lowest BCUT2D eigenvalue weighted by Gasteiger charge is -2.18. The first-order valence-electron chi connectivity index (χ1n) is 13.8. The number of halogens is 1. The Hall–Kier alpha value is -5.09. The van der Waals surface area contributed by atoms with Crippen molar-refractivity contribution in [2.75, 3.05) is 26.5 Å². The van der Waals surface area contributed by atoms with Gasteiger partial charge in [-0.05, 0) is 86.1 Å². The molecule has 0 spiro atoms. The molecule has 10 heteroatoms. The second-order valence-corrected chi connectivity index (χ2v) is 10.7. The molecule has 0 fully saturated rings. The number of pyridine rings is 2. The van der Waals surface area contributed by atoms with Crippen LogP contribution in [0.25, 0.3) is 27.8 Å². The van der Waals surface area contributed by atoms with Crippen molar-refractivity contribution in [2.24, 2.45) is 0 Å². The SMILES string of the molecule is CN[C@@H](C)C(=O)Nc1ccc(-c2cccc(C(=O)N(C)C)c2)n(Cc2cncc(-n3cc(C)c4cc(F)ccc43)c2)c1=O. The van der Waals surface area contributed by atoms with Gasteiger partial charge >= 0.3 is 0 Å². The Balaban J connectivity index is 1.61. The number of nitrogens with zero attached hydrogens (tertiary/aromatic N) is 4. The molecule has 3 aromatic heterocycles. The zero-order valence-electron chi connectivity index (χ0n) is 24.7. The number of rotatable bonds is 8. The first kappa shape index (κ1) is 29.4. The summed E-state index contributed by atoms with van der Waals surface area (Å²) >= 11 is 0. The molecule has 2 amide bonds. The van der Waals surface area contributed by atoms with E-state index in [1.165, 1.54) is 17.0 Å². The number of carbonyl (C=O) groups is 2. The van der Waals surface area contributed by atoms with Crippen LogP contribution in [0.3, 0.4) is 0 Å². The van der Waals surface area contributed by atoms with Crippen molar-refractivity contribution in [3.05, 3.63) is 112 Å². The molecule has 0 unspecified atom stereocenters. The lowest BCUT2D eigenvalue weighted by atomic mass is 10.1. The summed E-state index contributed by atoms with van der Waals surface area (Å²) in [5.41, 5.74) is 4.70. The average Bonchev–Trinajstić information content (AvgIpc) is 3.33. The van der Waals surface area contributed by atoms with Crippen LogP contribution in [-0.2, 0) is 11.3 Å². The van der Waals surface area contributed by atoms with Crippen molar-refractivity contribution in [1.82, 2.24) is 24.3 Å². The normalized spacial score (nSPS) is 11.9. The fourth-order valence-corrected chi connectivity index (χ4v) is 4.98. The summed E-state index contributed by atoms with van der Waals surface area (Å²) < 4.78 is 17.4. The number of nitrogens with one attached hydrogen (secondary N) is 2. The molecule has 5 aromatic rings. The summed E-state index contributed by atoms with van der Waals surface area (Å²) in [4.78, 5) is 45.2. The molecule has 2 N–H and O–H groups in total. The molecule has 0 aliphatic heterocycles. The number of carbonyl (C=O) groups excluding carboxylic acids is 2. The number of aryl methyl sites for hydroxylation is 1. The molecule has 0 radical (unpaired) electrons. The van der Waals surface area contributed by atoms with Gasteiger partial charge in [0.2, 0.25) is 5.91 Å². The number of benzene rings is 2. The van der Waals surface area contributed by atoms with Crippen LogP contribution in [0, 0.1) is 12.7 Å². The molecule has 0 saturated carbocycles. The number of aromatic nitrogens is 3. The predicted octanol–water partition coefficient (Wildman–Crippen LogP) is 4.60. The van der Waals surface area contributed by atoms with Gasteiger partial charge in [0.05, 0.1) is 35.7 Å². The van der Waals surface area contributed by atoms with Gasteiger partial charge in [-0.2, -0.15) is 0 Å². The van der Waals surface area contributed by atoms with Gasteiger partial charge in [-0.3, -0.25) is 19.4 Å². The maximum absolute atomic E-state index is 13.9. The minimum atomic E-state index is -0.504. The van der Waals surface area contributed by atoms with Crippen LogP contribution in [-0.4, -0.2) is 58.0 Å². The topological polar surface area (TPSA) is 101 Å². The number of hydrogen-bond donors (Lipinski definition) is 2. The summed E-state index contributed by atoms with van der Waals surface area (Å²) in [6.07, 6.45) is 5.31. The summed E-state index contributed by atoms with van der Waals surface area (Å²) in [5.74, 6) is -0.807. The first-order valence-corrected chi connectivity index (χ1v) is 13.8. The molecule has 0 saturated heterocycles. The van der Waals surface area contributed by atoms with Crippen molar-refractivity contribution in [1.29, 1.82) is 0 Å². The van der Waals surface area contributed by atoms with Crippen LogP contribution in [0.1, 0.15) is 28.4 Å². The Morgan fingerprint density at radius 2 is 1.84 bits per heavy atom. The minimum Gasteiger partial charge on any atom is -0.345 e. The van der Waals surface area contributed by atoms with Crippen LogP contribution in [0.2, 0.25) is 0 Å². The van der Waals surface area contributed by atoms with E-state index in [4.69, 9.17) is 0 Å². The van der Waals surface area contributed by atoms with E-state index in [1.54, 1.807) is 81.4 Å². The van der Waals surface area contributed by atoms with Crippen molar-refractivity contribution in [2.45, 2.75) is 26.4 Å². The van der Waals surface area contributed by atoms with Gasteiger partial charge in [-0.15, -0.1) is 0 Å². The Kier molecular flexibility index (Phi) is 8.22. The summed E-state index contributed by atoms with van der Waals surface area (Å²) in [6.45, 7) is 3.76. The van der Waals surface area contributed by atoms with Gasteiger partial charge in [-0.1, -0.05) is 12.1 Å². The van der Waals surface area contributed by atoms with Gasteiger partial charge in [0.1, 0.15) is 11.5 Å². The highest BCUT2D eigenvalue weighted by Crippen LogP contribution is 2.26. The molecular weight excluding hydrogens is 547 g/mol. The fraction of sp³-hybridized carbons (Fsp3) is 0.212. The molecule has 3 heterocycles. The van der Waals surface area contributed by atoms with Crippen molar-refractivity contribution in [3.63, 3.8) is 0 Å². The first-order chi connectivity index (χ1) is 20.6. The molecule has 2 aromatic carbocycles. The van der Waals surface area contributed by atoms with E-state index in [9.17, 15) is 18.8 Å². The van der Waals surface area contributed by atoms with Gasteiger partial charge < -0.3 is 24.7 Å². The molecule has 9 nitrogen and oxygen atoms in total. The Morgan fingerprint density at radius 3 is 2.58 bits per heavy atom.